The van der Waals surface area contributed by atoms with Gasteiger partial charge in [0.1, 0.15) is 5.82 Å². The summed E-state index contributed by atoms with van der Waals surface area (Å²) in [4.78, 5) is 0. The number of ether oxygens (including phenoxy) is 1. The highest BCUT2D eigenvalue weighted by Crippen LogP contribution is 2.23. The van der Waals surface area contributed by atoms with E-state index in [2.05, 4.69) is 28.2 Å². The number of nitrogens with one attached hydrogen (secondary N) is 1. The maximum absolute atomic E-state index is 12.9. The largest absolute Gasteiger partial charge is 0.384 e. The van der Waals surface area contributed by atoms with Gasteiger partial charge in [0.05, 0.1) is 12.3 Å². The molecule has 0 saturated heterocycles. The Morgan fingerprint density at radius 3 is 2.93 bits per heavy atom. The number of hydrogen-bond acceptors (Lipinski definition) is 2. The smallest absolute Gasteiger partial charge is 0.125 e. The second kappa shape index (κ2) is 6.08. The maximum atomic E-state index is 12.9. The van der Waals surface area contributed by atoms with Crippen LogP contribution >= 0.6 is 15.9 Å². The van der Waals surface area contributed by atoms with E-state index in [1.807, 2.05) is 0 Å². The first-order valence-corrected chi connectivity index (χ1v) is 5.60. The van der Waals surface area contributed by atoms with Crippen LogP contribution in [0.2, 0.25) is 0 Å². The second-order valence-electron chi connectivity index (χ2n) is 3.57. The molecule has 84 valence electrons. The number of rotatable bonds is 5. The van der Waals surface area contributed by atoms with Gasteiger partial charge >= 0.3 is 0 Å². The average molecular weight is 276 g/mol. The van der Waals surface area contributed by atoms with Gasteiger partial charge in [0, 0.05) is 18.1 Å². The van der Waals surface area contributed by atoms with Crippen LogP contribution in [0.15, 0.2) is 22.7 Å². The number of hydrogen-bond donors (Lipinski definition) is 1. The van der Waals surface area contributed by atoms with Crippen LogP contribution in [0.1, 0.15) is 6.92 Å². The Bertz CT molecular complexity index is 319. The Balaban J connectivity index is 2.53. The minimum Gasteiger partial charge on any atom is -0.384 e. The van der Waals surface area contributed by atoms with Crippen LogP contribution in [-0.4, -0.2) is 20.3 Å². The average Bonchev–Trinajstić information content (AvgIpc) is 2.20. The van der Waals surface area contributed by atoms with Gasteiger partial charge in [-0.25, -0.2) is 4.39 Å². The van der Waals surface area contributed by atoms with Gasteiger partial charge in [-0.15, -0.1) is 0 Å². The Kier molecular flexibility index (Phi) is 5.05. The number of anilines is 1. The molecule has 1 atom stereocenters. The third-order valence-corrected chi connectivity index (χ3v) is 2.71. The van der Waals surface area contributed by atoms with E-state index in [1.54, 1.807) is 13.2 Å². The lowest BCUT2D eigenvalue weighted by Gasteiger charge is -2.13. The zero-order valence-corrected chi connectivity index (χ0v) is 10.5. The van der Waals surface area contributed by atoms with Crippen LogP contribution in [0.5, 0.6) is 0 Å². The zero-order valence-electron chi connectivity index (χ0n) is 8.89. The summed E-state index contributed by atoms with van der Waals surface area (Å²) in [6.07, 6.45) is 0. The third kappa shape index (κ3) is 4.18. The Labute approximate surface area is 98.0 Å². The fraction of sp³-hybridized carbons (Fsp3) is 0.455. The normalized spacial score (nSPS) is 12.5. The van der Waals surface area contributed by atoms with Crippen LogP contribution in [0, 0.1) is 11.7 Å². The van der Waals surface area contributed by atoms with Crippen molar-refractivity contribution in [3.63, 3.8) is 0 Å². The van der Waals surface area contributed by atoms with Crippen molar-refractivity contribution in [1.29, 1.82) is 0 Å². The molecule has 1 unspecified atom stereocenters. The molecule has 2 nitrogen and oxygen atoms in total. The lowest BCUT2D eigenvalue weighted by Crippen LogP contribution is -2.16. The molecule has 1 rings (SSSR count). The molecule has 0 fully saturated rings. The van der Waals surface area contributed by atoms with Crippen molar-refractivity contribution < 1.29 is 9.13 Å². The van der Waals surface area contributed by atoms with Gasteiger partial charge in [-0.2, -0.15) is 0 Å². The summed E-state index contributed by atoms with van der Waals surface area (Å²) in [5.74, 6) is 0.158. The molecule has 0 saturated carbocycles. The summed E-state index contributed by atoms with van der Waals surface area (Å²) in [5, 5.41) is 3.17. The molecule has 0 bridgehead atoms. The Morgan fingerprint density at radius 2 is 2.27 bits per heavy atom. The Hall–Kier alpha value is -0.610. The first kappa shape index (κ1) is 12.5. The van der Waals surface area contributed by atoms with Crippen LogP contribution < -0.4 is 5.32 Å². The van der Waals surface area contributed by atoms with Gasteiger partial charge in [-0.1, -0.05) is 6.92 Å². The monoisotopic (exact) mass is 275 g/mol. The molecule has 0 amide bonds. The minimum absolute atomic E-state index is 0.236. The lowest BCUT2D eigenvalue weighted by atomic mass is 10.2. The molecule has 0 aromatic heterocycles. The molecule has 0 radical (unpaired) electrons. The molecule has 15 heavy (non-hydrogen) atoms. The van der Waals surface area contributed by atoms with E-state index in [1.165, 1.54) is 12.1 Å². The molecule has 1 N–H and O–H groups in total. The van der Waals surface area contributed by atoms with Gasteiger partial charge in [-0.05, 0) is 40.0 Å². The van der Waals surface area contributed by atoms with Gasteiger partial charge < -0.3 is 10.1 Å². The first-order valence-electron chi connectivity index (χ1n) is 4.81. The van der Waals surface area contributed by atoms with E-state index in [-0.39, 0.29) is 5.82 Å². The van der Waals surface area contributed by atoms with E-state index in [9.17, 15) is 4.39 Å². The summed E-state index contributed by atoms with van der Waals surface area (Å²) < 4.78 is 18.8. The molecule has 1 aromatic rings. The highest BCUT2D eigenvalue weighted by Gasteiger charge is 2.04. The summed E-state index contributed by atoms with van der Waals surface area (Å²) in [5.41, 5.74) is 0.776. The molecule has 4 heteroatoms. The van der Waals surface area contributed by atoms with Crippen molar-refractivity contribution >= 4 is 21.6 Å². The zero-order chi connectivity index (χ0) is 11.3. The van der Waals surface area contributed by atoms with E-state index in [0.717, 1.165) is 16.7 Å². The van der Waals surface area contributed by atoms with E-state index < -0.39 is 0 Å². The lowest BCUT2D eigenvalue weighted by molar-refractivity contribution is 0.164. The molecule has 1 aromatic carbocycles. The topological polar surface area (TPSA) is 21.3 Å². The van der Waals surface area contributed by atoms with Crippen molar-refractivity contribution in [2.24, 2.45) is 5.92 Å². The number of methoxy groups -OCH3 is 1. The van der Waals surface area contributed by atoms with Gasteiger partial charge in [0.2, 0.25) is 0 Å². The number of benzene rings is 1. The van der Waals surface area contributed by atoms with Crippen LogP contribution in [0.25, 0.3) is 0 Å². The summed E-state index contributed by atoms with van der Waals surface area (Å²) in [6.45, 7) is 3.53. The summed E-state index contributed by atoms with van der Waals surface area (Å²) in [7, 11) is 1.68. The molecule has 0 aliphatic heterocycles. The van der Waals surface area contributed by atoms with Crippen LogP contribution in [0.3, 0.4) is 0 Å². The van der Waals surface area contributed by atoms with Gasteiger partial charge in [-0.3, -0.25) is 0 Å². The predicted octanol–water partition coefficient (Wildman–Crippen LogP) is 3.28. The first-order chi connectivity index (χ1) is 7.13. The molecule has 0 heterocycles. The Morgan fingerprint density at radius 1 is 1.53 bits per heavy atom. The maximum Gasteiger partial charge on any atom is 0.125 e. The third-order valence-electron chi connectivity index (χ3n) is 2.02. The van der Waals surface area contributed by atoms with E-state index in [4.69, 9.17) is 4.74 Å². The summed E-state index contributed by atoms with van der Waals surface area (Å²) >= 11 is 3.36. The SMILES string of the molecule is COCC(C)CNc1cc(F)ccc1Br. The van der Waals surface area contributed by atoms with Crippen LogP contribution in [0.4, 0.5) is 10.1 Å². The van der Waals surface area contributed by atoms with E-state index >= 15 is 0 Å². The molecule has 0 aliphatic rings. The van der Waals surface area contributed by atoms with Gasteiger partial charge in [0.15, 0.2) is 0 Å². The molecule has 0 aliphatic carbocycles. The summed E-state index contributed by atoms with van der Waals surface area (Å²) in [6, 6.07) is 4.59. The molecular weight excluding hydrogens is 261 g/mol. The standard InChI is InChI=1S/C11H15BrFNO/c1-8(7-15-2)6-14-11-5-9(13)3-4-10(11)12/h3-5,8,14H,6-7H2,1-2H3. The van der Waals surface area contributed by atoms with Crippen molar-refractivity contribution in [3.8, 4) is 0 Å². The molecular formula is C11H15BrFNO. The predicted molar refractivity (Wildman–Crippen MR) is 63.6 cm³/mol. The molecule has 0 spiro atoms. The van der Waals surface area contributed by atoms with Gasteiger partial charge in [0.25, 0.3) is 0 Å². The van der Waals surface area contributed by atoms with Crippen LogP contribution in [-0.2, 0) is 4.74 Å². The highest BCUT2D eigenvalue weighted by molar-refractivity contribution is 9.10. The van der Waals surface area contributed by atoms with Crippen molar-refractivity contribution in [1.82, 2.24) is 0 Å². The fourth-order valence-electron chi connectivity index (χ4n) is 1.26. The minimum atomic E-state index is -0.236. The van der Waals surface area contributed by atoms with Crippen molar-refractivity contribution in [2.45, 2.75) is 6.92 Å². The number of halogens is 2. The van der Waals surface area contributed by atoms with E-state index in [0.29, 0.717) is 12.5 Å². The second-order valence-corrected chi connectivity index (χ2v) is 4.42. The quantitative estimate of drug-likeness (QED) is 0.891. The van der Waals surface area contributed by atoms with Crippen molar-refractivity contribution in [2.75, 3.05) is 25.6 Å². The highest BCUT2D eigenvalue weighted by atomic mass is 79.9. The van der Waals surface area contributed by atoms with Crippen molar-refractivity contribution in [3.05, 3.63) is 28.5 Å². The fourth-order valence-corrected chi connectivity index (χ4v) is 1.65.